The van der Waals surface area contributed by atoms with Gasteiger partial charge in [-0.05, 0) is 41.8 Å². The van der Waals surface area contributed by atoms with Gasteiger partial charge < -0.3 is 10.2 Å². The number of hydrogen-bond acceptors (Lipinski definition) is 4. The number of aliphatic hydroxyl groups is 2. The minimum Gasteiger partial charge on any atom is -0.388 e. The van der Waals surface area contributed by atoms with E-state index in [-0.39, 0.29) is 5.82 Å². The maximum Gasteiger partial charge on any atom is 0.123 e. The number of piperidine rings is 1. The highest BCUT2D eigenvalue weighted by molar-refractivity contribution is 5.40. The lowest BCUT2D eigenvalue weighted by atomic mass is 9.82. The highest BCUT2D eigenvalue weighted by Crippen LogP contribution is 2.34. The van der Waals surface area contributed by atoms with Gasteiger partial charge in [-0.1, -0.05) is 30.3 Å². The summed E-state index contributed by atoms with van der Waals surface area (Å²) in [5.74, 6) is -0.306. The number of aromatic nitrogens is 2. The summed E-state index contributed by atoms with van der Waals surface area (Å²) >= 11 is 0. The predicted octanol–water partition coefficient (Wildman–Crippen LogP) is 2.47. The summed E-state index contributed by atoms with van der Waals surface area (Å²) in [7, 11) is 0. The Bertz CT molecular complexity index is 901. The summed E-state index contributed by atoms with van der Waals surface area (Å²) < 4.78 is 15.5. The maximum absolute atomic E-state index is 13.8. The molecule has 1 saturated heterocycles. The summed E-state index contributed by atoms with van der Waals surface area (Å²) in [6.07, 6.45) is 2.98. The van der Waals surface area contributed by atoms with E-state index in [0.717, 1.165) is 16.8 Å². The maximum atomic E-state index is 13.8. The van der Waals surface area contributed by atoms with E-state index in [1.54, 1.807) is 16.9 Å². The average Bonchev–Trinajstić information content (AvgIpc) is 3.20. The summed E-state index contributed by atoms with van der Waals surface area (Å²) in [5, 5.41) is 25.9. The second-order valence-corrected chi connectivity index (χ2v) is 7.01. The first kappa shape index (κ1) is 17.9. The van der Waals surface area contributed by atoms with E-state index >= 15 is 0 Å². The Morgan fingerprint density at radius 3 is 2.67 bits per heavy atom. The van der Waals surface area contributed by atoms with Gasteiger partial charge in [0.1, 0.15) is 11.4 Å². The molecule has 0 radical (unpaired) electrons. The average molecular weight is 367 g/mol. The number of halogens is 1. The van der Waals surface area contributed by atoms with Crippen LogP contribution in [-0.4, -0.2) is 44.1 Å². The quantitative estimate of drug-likeness (QED) is 0.744. The fourth-order valence-electron chi connectivity index (χ4n) is 3.75. The molecule has 1 fully saturated rings. The fraction of sp³-hybridized carbons (Fsp3) is 0.286. The highest BCUT2D eigenvalue weighted by atomic mass is 19.1. The molecule has 1 aliphatic heterocycles. The predicted molar refractivity (Wildman–Crippen MR) is 99.8 cm³/mol. The molecule has 0 aliphatic carbocycles. The number of aliphatic hydroxyl groups excluding tert-OH is 1. The molecular formula is C21H22FN3O2. The molecule has 2 atom stereocenters. The Kier molecular flexibility index (Phi) is 4.78. The van der Waals surface area contributed by atoms with Crippen molar-refractivity contribution in [3.8, 4) is 5.69 Å². The smallest absolute Gasteiger partial charge is 0.123 e. The van der Waals surface area contributed by atoms with Crippen molar-refractivity contribution < 1.29 is 14.6 Å². The van der Waals surface area contributed by atoms with Crippen molar-refractivity contribution in [1.82, 2.24) is 14.7 Å². The Morgan fingerprint density at radius 1 is 1.15 bits per heavy atom. The molecule has 140 valence electrons. The topological polar surface area (TPSA) is 61.5 Å². The van der Waals surface area contributed by atoms with Crippen LogP contribution in [-0.2, 0) is 12.1 Å². The van der Waals surface area contributed by atoms with Crippen molar-refractivity contribution in [2.75, 3.05) is 13.1 Å². The van der Waals surface area contributed by atoms with Crippen molar-refractivity contribution in [1.29, 1.82) is 0 Å². The number of hydrogen-bond donors (Lipinski definition) is 2. The lowest BCUT2D eigenvalue weighted by Crippen LogP contribution is -2.53. The Morgan fingerprint density at radius 2 is 1.96 bits per heavy atom. The van der Waals surface area contributed by atoms with Gasteiger partial charge in [-0.25, -0.2) is 9.07 Å². The van der Waals surface area contributed by atoms with Crippen LogP contribution in [0.1, 0.15) is 17.5 Å². The zero-order valence-electron chi connectivity index (χ0n) is 14.9. The van der Waals surface area contributed by atoms with Crippen LogP contribution in [0.5, 0.6) is 0 Å². The Labute approximate surface area is 157 Å². The molecule has 1 aromatic heterocycles. The van der Waals surface area contributed by atoms with Gasteiger partial charge >= 0.3 is 0 Å². The molecule has 0 saturated carbocycles. The molecule has 0 spiro atoms. The second kappa shape index (κ2) is 7.23. The summed E-state index contributed by atoms with van der Waals surface area (Å²) in [6, 6.07) is 15.7. The molecule has 4 rings (SSSR count). The van der Waals surface area contributed by atoms with Crippen LogP contribution in [0.25, 0.3) is 5.69 Å². The van der Waals surface area contributed by atoms with Crippen LogP contribution < -0.4 is 0 Å². The standard InChI is InChI=1S/C21H22FN3O2/c22-18-7-8-19(25-11-4-10-23-25)16(13-18)14-24-12-9-21(27,20(26)15-24)17-5-2-1-3-6-17/h1-8,10-11,13,20,26-27H,9,12,14-15H2/t20-,21-/m0/s1. The number of nitrogens with zero attached hydrogens (tertiary/aromatic N) is 3. The zero-order valence-corrected chi connectivity index (χ0v) is 14.9. The van der Waals surface area contributed by atoms with E-state index in [0.29, 0.717) is 26.1 Å². The largest absolute Gasteiger partial charge is 0.388 e. The van der Waals surface area contributed by atoms with Crippen molar-refractivity contribution in [3.63, 3.8) is 0 Å². The van der Waals surface area contributed by atoms with Gasteiger partial charge in [-0.3, -0.25) is 4.90 Å². The highest BCUT2D eigenvalue weighted by Gasteiger charge is 2.41. The lowest BCUT2D eigenvalue weighted by molar-refractivity contribution is -0.126. The van der Waals surface area contributed by atoms with Crippen molar-refractivity contribution in [2.45, 2.75) is 24.7 Å². The van der Waals surface area contributed by atoms with Gasteiger partial charge in [0.15, 0.2) is 0 Å². The first-order chi connectivity index (χ1) is 13.1. The van der Waals surface area contributed by atoms with Crippen molar-refractivity contribution >= 4 is 0 Å². The van der Waals surface area contributed by atoms with E-state index in [1.807, 2.05) is 47.5 Å². The van der Waals surface area contributed by atoms with Gasteiger partial charge in [-0.2, -0.15) is 5.10 Å². The molecule has 5 nitrogen and oxygen atoms in total. The van der Waals surface area contributed by atoms with Gasteiger partial charge in [0.05, 0.1) is 11.8 Å². The molecule has 6 heteroatoms. The third-order valence-corrected chi connectivity index (χ3v) is 5.25. The summed E-state index contributed by atoms with van der Waals surface area (Å²) in [6.45, 7) is 1.37. The van der Waals surface area contributed by atoms with E-state index in [9.17, 15) is 14.6 Å². The van der Waals surface area contributed by atoms with Crippen molar-refractivity contribution in [3.05, 3.63) is 83.9 Å². The minimum absolute atomic E-state index is 0.306. The van der Waals surface area contributed by atoms with E-state index in [4.69, 9.17) is 0 Å². The fourth-order valence-corrected chi connectivity index (χ4v) is 3.75. The van der Waals surface area contributed by atoms with Crippen LogP contribution >= 0.6 is 0 Å². The monoisotopic (exact) mass is 367 g/mol. The van der Waals surface area contributed by atoms with Gasteiger partial charge in [0.2, 0.25) is 0 Å². The molecule has 0 unspecified atom stereocenters. The lowest BCUT2D eigenvalue weighted by Gasteiger charge is -2.42. The Hall–Kier alpha value is -2.54. The SMILES string of the molecule is O[C@H]1CN(Cc2cc(F)ccc2-n2cccn2)CC[C@]1(O)c1ccccc1. The zero-order chi connectivity index (χ0) is 18.9. The third-order valence-electron chi connectivity index (χ3n) is 5.25. The van der Waals surface area contributed by atoms with Crippen LogP contribution in [0.15, 0.2) is 67.0 Å². The molecule has 3 aromatic rings. The van der Waals surface area contributed by atoms with Crippen LogP contribution in [0, 0.1) is 5.82 Å². The first-order valence-corrected chi connectivity index (χ1v) is 9.03. The molecule has 2 N–H and O–H groups in total. The molecular weight excluding hydrogens is 345 g/mol. The molecule has 0 amide bonds. The van der Waals surface area contributed by atoms with Crippen LogP contribution in [0.3, 0.4) is 0 Å². The number of rotatable bonds is 4. The number of likely N-dealkylation sites (tertiary alicyclic amines) is 1. The van der Waals surface area contributed by atoms with Gasteiger partial charge in [-0.15, -0.1) is 0 Å². The molecule has 27 heavy (non-hydrogen) atoms. The van der Waals surface area contributed by atoms with Gasteiger partial charge in [0, 0.05) is 32.0 Å². The van der Waals surface area contributed by atoms with Crippen LogP contribution in [0.2, 0.25) is 0 Å². The Balaban J connectivity index is 1.54. The molecule has 0 bridgehead atoms. The third kappa shape index (κ3) is 3.51. The normalized spacial score (nSPS) is 23.4. The minimum atomic E-state index is -1.26. The number of benzene rings is 2. The molecule has 2 heterocycles. The second-order valence-electron chi connectivity index (χ2n) is 7.01. The van der Waals surface area contributed by atoms with Gasteiger partial charge in [0.25, 0.3) is 0 Å². The van der Waals surface area contributed by atoms with E-state index in [2.05, 4.69) is 5.10 Å². The molecule has 1 aliphatic rings. The summed E-state index contributed by atoms with van der Waals surface area (Å²) in [4.78, 5) is 2.03. The number of β-amino-alcohol motifs (C(OH)–C–C–N with tert-alkyl or cyclic N) is 1. The van der Waals surface area contributed by atoms with Crippen molar-refractivity contribution in [2.24, 2.45) is 0 Å². The summed E-state index contributed by atoms with van der Waals surface area (Å²) in [5.41, 5.74) is 1.06. The molecule has 2 aromatic carbocycles. The first-order valence-electron chi connectivity index (χ1n) is 9.03. The van der Waals surface area contributed by atoms with Crippen LogP contribution in [0.4, 0.5) is 4.39 Å². The van der Waals surface area contributed by atoms with E-state index < -0.39 is 11.7 Å². The van der Waals surface area contributed by atoms with E-state index in [1.165, 1.54) is 12.1 Å².